The molecule has 0 radical (unpaired) electrons. The highest BCUT2D eigenvalue weighted by Crippen LogP contribution is 2.34. The van der Waals surface area contributed by atoms with Crippen molar-refractivity contribution in [1.29, 1.82) is 0 Å². The van der Waals surface area contributed by atoms with Gasteiger partial charge >= 0.3 is 0 Å². The maximum Gasteiger partial charge on any atom is 0.270 e. The van der Waals surface area contributed by atoms with Crippen LogP contribution in [0.5, 0.6) is 0 Å². The molecule has 0 aromatic heterocycles. The molecule has 0 atom stereocenters. The quantitative estimate of drug-likeness (QED) is 0.360. The Balaban J connectivity index is 1.86. The first-order valence-corrected chi connectivity index (χ1v) is 9.38. The number of nitrogens with one attached hydrogen (secondary N) is 1. The van der Waals surface area contributed by atoms with Gasteiger partial charge < -0.3 is 5.32 Å². The van der Waals surface area contributed by atoms with E-state index in [1.165, 1.54) is 18.2 Å². The van der Waals surface area contributed by atoms with Crippen molar-refractivity contribution in [3.8, 4) is 0 Å². The number of nitro benzene ring substituents is 1. The Morgan fingerprint density at radius 2 is 2.00 bits per heavy atom. The number of rotatable bonds is 3. The zero-order valence-electron chi connectivity index (χ0n) is 12.7. The van der Waals surface area contributed by atoms with Gasteiger partial charge in [0, 0.05) is 22.2 Å². The second kappa shape index (κ2) is 7.79. The highest BCUT2D eigenvalue weighted by molar-refractivity contribution is 9.10. The lowest BCUT2D eigenvalue weighted by Crippen LogP contribution is -2.19. The van der Waals surface area contributed by atoms with Gasteiger partial charge in [-0.1, -0.05) is 29.3 Å². The highest BCUT2D eigenvalue weighted by Gasteiger charge is 2.24. The zero-order chi connectivity index (χ0) is 18.8. The van der Waals surface area contributed by atoms with Gasteiger partial charge in [0.15, 0.2) is 5.17 Å². The van der Waals surface area contributed by atoms with Crippen molar-refractivity contribution in [2.75, 3.05) is 0 Å². The fourth-order valence-electron chi connectivity index (χ4n) is 2.05. The van der Waals surface area contributed by atoms with Crippen LogP contribution in [0.15, 0.2) is 50.8 Å². The largest absolute Gasteiger partial charge is 0.300 e. The lowest BCUT2D eigenvalue weighted by Gasteiger charge is -2.00. The van der Waals surface area contributed by atoms with Gasteiger partial charge in [-0.05, 0) is 57.5 Å². The van der Waals surface area contributed by atoms with E-state index in [1.54, 1.807) is 24.3 Å². The first-order valence-electron chi connectivity index (χ1n) is 7.02. The first kappa shape index (κ1) is 18.9. The monoisotopic (exact) mass is 471 g/mol. The molecule has 1 aliphatic rings. The molecule has 0 aliphatic carbocycles. The van der Waals surface area contributed by atoms with E-state index in [0.29, 0.717) is 35.8 Å². The number of thioether (sulfide) groups is 1. The van der Waals surface area contributed by atoms with Crippen LogP contribution in [-0.2, 0) is 4.79 Å². The van der Waals surface area contributed by atoms with E-state index in [9.17, 15) is 14.9 Å². The molecular weight excluding hydrogens is 465 g/mol. The van der Waals surface area contributed by atoms with Crippen LogP contribution in [-0.4, -0.2) is 16.0 Å². The molecule has 10 heteroatoms. The SMILES string of the molecule is O=C1NC(=Nc2ccc([N+](=O)[O-])cc2Br)S/C1=C/c1ccc(Cl)cc1Cl. The van der Waals surface area contributed by atoms with Crippen molar-refractivity contribution in [3.63, 3.8) is 0 Å². The summed E-state index contributed by atoms with van der Waals surface area (Å²) >= 11 is 16.4. The summed E-state index contributed by atoms with van der Waals surface area (Å²) in [6.07, 6.45) is 1.64. The molecule has 2 aromatic rings. The van der Waals surface area contributed by atoms with Crippen LogP contribution >= 0.6 is 50.9 Å². The van der Waals surface area contributed by atoms with Crippen molar-refractivity contribution < 1.29 is 9.72 Å². The number of carbonyl (C=O) groups is 1. The Hall–Kier alpha value is -1.87. The number of non-ortho nitro benzene ring substituents is 1. The summed E-state index contributed by atoms with van der Waals surface area (Å²) in [6, 6.07) is 9.19. The molecule has 132 valence electrons. The molecule has 0 bridgehead atoms. The fourth-order valence-corrected chi connectivity index (χ4v) is 3.79. The van der Waals surface area contributed by atoms with Gasteiger partial charge in [0.05, 0.1) is 20.0 Å². The van der Waals surface area contributed by atoms with Gasteiger partial charge in [0.1, 0.15) is 0 Å². The third-order valence-corrected chi connectivity index (χ3v) is 5.37. The van der Waals surface area contributed by atoms with Crippen LogP contribution in [0.2, 0.25) is 10.0 Å². The second-order valence-electron chi connectivity index (χ2n) is 5.04. The molecule has 0 spiro atoms. The number of hydrogen-bond acceptors (Lipinski definition) is 5. The van der Waals surface area contributed by atoms with Crippen molar-refractivity contribution in [3.05, 3.63) is 71.5 Å². The molecular formula is C16H8BrCl2N3O3S. The van der Waals surface area contributed by atoms with Gasteiger partial charge in [0.25, 0.3) is 11.6 Å². The minimum Gasteiger partial charge on any atom is -0.300 e. The number of nitro groups is 1. The summed E-state index contributed by atoms with van der Waals surface area (Å²) in [5, 5.41) is 14.7. The fraction of sp³-hybridized carbons (Fsp3) is 0. The molecule has 1 N–H and O–H groups in total. The Bertz CT molecular complexity index is 995. The Kier molecular flexibility index (Phi) is 5.67. The average molecular weight is 473 g/mol. The van der Waals surface area contributed by atoms with Crippen molar-refractivity contribution >= 4 is 79.4 Å². The van der Waals surface area contributed by atoms with Crippen LogP contribution < -0.4 is 5.32 Å². The average Bonchev–Trinajstić information content (AvgIpc) is 2.91. The standard InChI is InChI=1S/C16H8BrCl2N3O3S/c17-11-7-10(22(24)25)3-4-13(11)20-16-21-15(23)14(26-16)5-8-1-2-9(18)6-12(8)19/h1-7H,(H,20,21,23)/b14-5+. The molecule has 1 heterocycles. The molecule has 2 aromatic carbocycles. The number of halogens is 3. The second-order valence-corrected chi connectivity index (χ2v) is 7.77. The number of carbonyl (C=O) groups excluding carboxylic acids is 1. The van der Waals surface area contributed by atoms with E-state index in [2.05, 4.69) is 26.2 Å². The number of aliphatic imine (C=N–C) groups is 1. The molecule has 6 nitrogen and oxygen atoms in total. The molecule has 1 saturated heterocycles. The minimum atomic E-state index is -0.496. The van der Waals surface area contributed by atoms with Crippen LogP contribution in [0.3, 0.4) is 0 Å². The summed E-state index contributed by atoms with van der Waals surface area (Å²) in [4.78, 5) is 27.2. The van der Waals surface area contributed by atoms with Crippen LogP contribution in [0.1, 0.15) is 5.56 Å². The van der Waals surface area contributed by atoms with Gasteiger partial charge in [0.2, 0.25) is 0 Å². The lowest BCUT2D eigenvalue weighted by molar-refractivity contribution is -0.384. The number of nitrogens with zero attached hydrogens (tertiary/aromatic N) is 2. The van der Waals surface area contributed by atoms with Gasteiger partial charge in [-0.15, -0.1) is 0 Å². The minimum absolute atomic E-state index is 0.0538. The van der Waals surface area contributed by atoms with Crippen LogP contribution in [0, 0.1) is 10.1 Å². The first-order chi connectivity index (χ1) is 12.3. The topological polar surface area (TPSA) is 84.6 Å². The summed E-state index contributed by atoms with van der Waals surface area (Å²) in [5.41, 5.74) is 1.07. The maximum atomic E-state index is 12.1. The van der Waals surface area contributed by atoms with Crippen molar-refractivity contribution in [2.24, 2.45) is 4.99 Å². The number of amidine groups is 1. The summed E-state index contributed by atoms with van der Waals surface area (Å²) in [5.74, 6) is -0.308. The van der Waals surface area contributed by atoms with Gasteiger partial charge in [-0.3, -0.25) is 14.9 Å². The normalized spacial score (nSPS) is 17.0. The third-order valence-electron chi connectivity index (χ3n) is 3.26. The predicted octanol–water partition coefficient (Wildman–Crippen LogP) is 5.56. The van der Waals surface area contributed by atoms with Gasteiger partial charge in [-0.2, -0.15) is 0 Å². The number of benzene rings is 2. The van der Waals surface area contributed by atoms with Gasteiger partial charge in [-0.25, -0.2) is 4.99 Å². The highest BCUT2D eigenvalue weighted by atomic mass is 79.9. The molecule has 26 heavy (non-hydrogen) atoms. The third kappa shape index (κ3) is 4.27. The van der Waals surface area contributed by atoms with E-state index in [4.69, 9.17) is 23.2 Å². The van der Waals surface area contributed by atoms with Crippen molar-refractivity contribution in [2.45, 2.75) is 0 Å². The number of amides is 1. The molecule has 1 aliphatic heterocycles. The summed E-state index contributed by atoms with van der Waals surface area (Å²) < 4.78 is 0.451. The lowest BCUT2D eigenvalue weighted by atomic mass is 10.2. The molecule has 1 amide bonds. The van der Waals surface area contributed by atoms with Crippen molar-refractivity contribution in [1.82, 2.24) is 5.32 Å². The molecule has 0 unspecified atom stereocenters. The smallest absolute Gasteiger partial charge is 0.270 e. The molecule has 0 saturated carbocycles. The molecule has 3 rings (SSSR count). The molecule has 1 fully saturated rings. The Labute approximate surface area is 170 Å². The Morgan fingerprint density at radius 3 is 2.65 bits per heavy atom. The number of hydrogen-bond donors (Lipinski definition) is 1. The van der Waals surface area contributed by atoms with Crippen LogP contribution in [0.4, 0.5) is 11.4 Å². The zero-order valence-corrected chi connectivity index (χ0v) is 16.6. The van der Waals surface area contributed by atoms with E-state index < -0.39 is 4.92 Å². The summed E-state index contributed by atoms with van der Waals surface area (Å²) in [6.45, 7) is 0. The maximum absolute atomic E-state index is 12.1. The van der Waals surface area contributed by atoms with E-state index in [0.717, 1.165) is 11.8 Å². The van der Waals surface area contributed by atoms with E-state index in [1.807, 2.05) is 0 Å². The van der Waals surface area contributed by atoms with E-state index >= 15 is 0 Å². The van der Waals surface area contributed by atoms with E-state index in [-0.39, 0.29) is 11.6 Å². The summed E-state index contributed by atoms with van der Waals surface area (Å²) in [7, 11) is 0. The van der Waals surface area contributed by atoms with Crippen LogP contribution in [0.25, 0.3) is 6.08 Å². The predicted molar refractivity (Wildman–Crippen MR) is 108 cm³/mol. The Morgan fingerprint density at radius 1 is 1.23 bits per heavy atom.